The normalized spacial score (nSPS) is 19.8. The Hall–Kier alpha value is -0.980. The molecule has 2 rings (SSSR count). The number of nitrogen functional groups attached to an aromatic ring is 1. The lowest BCUT2D eigenvalue weighted by molar-refractivity contribution is 0.161. The average Bonchev–Trinajstić information content (AvgIpc) is 2.38. The van der Waals surface area contributed by atoms with E-state index in [1.54, 1.807) is 18.5 Å². The van der Waals surface area contributed by atoms with E-state index in [1.165, 1.54) is 0 Å². The molecule has 2 heterocycles. The van der Waals surface area contributed by atoms with Crippen LogP contribution in [0.4, 0.5) is 5.69 Å². The summed E-state index contributed by atoms with van der Waals surface area (Å²) in [5.41, 5.74) is 6.29. The number of hydrogen-bond acceptors (Lipinski definition) is 5. The number of pyridine rings is 1. The van der Waals surface area contributed by atoms with Gasteiger partial charge in [-0.25, -0.2) is 0 Å². The second-order valence-electron chi connectivity index (χ2n) is 4.61. The number of likely N-dealkylation sites (N-methyl/N-ethyl adjacent to an activating group) is 1. The Kier molecular flexibility index (Phi) is 4.68. The van der Waals surface area contributed by atoms with Gasteiger partial charge in [-0.3, -0.25) is 14.1 Å². The Balaban J connectivity index is 1.84. The SMILES string of the molecule is CN1CCN(CCS(=O)c2ccncc2N)CC1. The molecule has 6 heteroatoms. The highest BCUT2D eigenvalue weighted by Gasteiger charge is 2.15. The van der Waals surface area contributed by atoms with Crippen LogP contribution in [0.15, 0.2) is 23.4 Å². The van der Waals surface area contributed by atoms with Gasteiger partial charge in [-0.05, 0) is 13.1 Å². The van der Waals surface area contributed by atoms with Crippen molar-refractivity contribution in [2.24, 2.45) is 0 Å². The van der Waals surface area contributed by atoms with Gasteiger partial charge in [0.05, 0.1) is 27.6 Å². The summed E-state index contributed by atoms with van der Waals surface area (Å²) in [6.45, 7) is 5.15. The van der Waals surface area contributed by atoms with Crippen LogP contribution in [-0.4, -0.2) is 64.5 Å². The molecule has 1 aliphatic rings. The van der Waals surface area contributed by atoms with E-state index in [4.69, 9.17) is 5.73 Å². The summed E-state index contributed by atoms with van der Waals surface area (Å²) in [5, 5.41) is 0. The van der Waals surface area contributed by atoms with Crippen LogP contribution in [-0.2, 0) is 10.8 Å². The van der Waals surface area contributed by atoms with Gasteiger partial charge in [0.2, 0.25) is 0 Å². The lowest BCUT2D eigenvalue weighted by atomic mass is 10.3. The van der Waals surface area contributed by atoms with Crippen LogP contribution in [0.2, 0.25) is 0 Å². The topological polar surface area (TPSA) is 62.5 Å². The first-order valence-corrected chi connectivity index (χ1v) is 7.47. The smallest absolute Gasteiger partial charge is 0.0664 e. The summed E-state index contributed by atoms with van der Waals surface area (Å²) in [6.07, 6.45) is 3.20. The summed E-state index contributed by atoms with van der Waals surface area (Å²) < 4.78 is 12.1. The Morgan fingerprint density at radius 1 is 1.39 bits per heavy atom. The van der Waals surface area contributed by atoms with Crippen LogP contribution in [0, 0.1) is 0 Å². The highest BCUT2D eigenvalue weighted by Crippen LogP contribution is 2.14. The van der Waals surface area contributed by atoms with Crippen molar-refractivity contribution in [3.63, 3.8) is 0 Å². The van der Waals surface area contributed by atoms with Crippen LogP contribution in [0.1, 0.15) is 0 Å². The number of hydrogen-bond donors (Lipinski definition) is 1. The maximum Gasteiger partial charge on any atom is 0.0664 e. The van der Waals surface area contributed by atoms with E-state index in [0.29, 0.717) is 16.3 Å². The average molecular weight is 268 g/mol. The van der Waals surface area contributed by atoms with Crippen molar-refractivity contribution >= 4 is 16.5 Å². The summed E-state index contributed by atoms with van der Waals surface area (Å²) >= 11 is 0. The summed E-state index contributed by atoms with van der Waals surface area (Å²) in [4.78, 5) is 9.29. The Morgan fingerprint density at radius 2 is 2.11 bits per heavy atom. The van der Waals surface area contributed by atoms with Gasteiger partial charge in [0.15, 0.2) is 0 Å². The summed E-state index contributed by atoms with van der Waals surface area (Å²) in [6, 6.07) is 1.75. The molecule has 0 aliphatic carbocycles. The highest BCUT2D eigenvalue weighted by atomic mass is 32.2. The quantitative estimate of drug-likeness (QED) is 0.834. The van der Waals surface area contributed by atoms with Gasteiger partial charge < -0.3 is 10.6 Å². The minimum absolute atomic E-state index is 0.522. The molecule has 18 heavy (non-hydrogen) atoms. The molecule has 0 bridgehead atoms. The van der Waals surface area contributed by atoms with Gasteiger partial charge in [0.25, 0.3) is 0 Å². The van der Waals surface area contributed by atoms with Crippen molar-refractivity contribution in [2.45, 2.75) is 4.90 Å². The predicted molar refractivity (Wildman–Crippen MR) is 73.9 cm³/mol. The van der Waals surface area contributed by atoms with Crippen molar-refractivity contribution in [3.05, 3.63) is 18.5 Å². The van der Waals surface area contributed by atoms with E-state index < -0.39 is 10.8 Å². The molecule has 1 atom stereocenters. The van der Waals surface area contributed by atoms with Gasteiger partial charge in [-0.15, -0.1) is 0 Å². The maximum absolute atomic E-state index is 12.1. The first-order chi connectivity index (χ1) is 8.66. The van der Waals surface area contributed by atoms with E-state index in [9.17, 15) is 4.21 Å². The molecule has 0 aromatic carbocycles. The van der Waals surface area contributed by atoms with Crippen LogP contribution in [0.25, 0.3) is 0 Å². The van der Waals surface area contributed by atoms with Crippen LogP contribution >= 0.6 is 0 Å². The largest absolute Gasteiger partial charge is 0.396 e. The minimum Gasteiger partial charge on any atom is -0.396 e. The number of nitrogens with two attached hydrogens (primary N) is 1. The van der Waals surface area contributed by atoms with Crippen LogP contribution in [0.5, 0.6) is 0 Å². The molecule has 2 N–H and O–H groups in total. The standard InChI is InChI=1S/C12H20N4OS/c1-15-4-6-16(7-5-15)8-9-18(17)12-2-3-14-10-11(12)13/h2-3,10H,4-9,13H2,1H3. The second kappa shape index (κ2) is 6.26. The first-order valence-electron chi connectivity index (χ1n) is 6.15. The van der Waals surface area contributed by atoms with Gasteiger partial charge in [-0.1, -0.05) is 0 Å². The van der Waals surface area contributed by atoms with Gasteiger partial charge in [0.1, 0.15) is 0 Å². The molecule has 1 unspecified atom stereocenters. The van der Waals surface area contributed by atoms with E-state index in [-0.39, 0.29) is 0 Å². The second-order valence-corrected chi connectivity index (χ2v) is 6.15. The number of rotatable bonds is 4. The zero-order valence-corrected chi connectivity index (χ0v) is 11.5. The monoisotopic (exact) mass is 268 g/mol. The fourth-order valence-electron chi connectivity index (χ4n) is 1.99. The van der Waals surface area contributed by atoms with Crippen molar-refractivity contribution < 1.29 is 4.21 Å². The predicted octanol–water partition coefficient (Wildman–Crippen LogP) is 0.0188. The van der Waals surface area contributed by atoms with Crippen molar-refractivity contribution in [2.75, 3.05) is 51.3 Å². The lowest BCUT2D eigenvalue weighted by Crippen LogP contribution is -2.45. The molecule has 0 radical (unpaired) electrons. The van der Waals surface area contributed by atoms with E-state index in [0.717, 1.165) is 32.7 Å². The van der Waals surface area contributed by atoms with E-state index >= 15 is 0 Å². The molecule has 0 saturated carbocycles. The molecular weight excluding hydrogens is 248 g/mol. The third kappa shape index (κ3) is 3.51. The fourth-order valence-corrected chi connectivity index (χ4v) is 3.17. The minimum atomic E-state index is -1.03. The number of nitrogens with zero attached hydrogens (tertiary/aromatic N) is 3. The molecule has 0 amide bonds. The fraction of sp³-hybridized carbons (Fsp3) is 0.583. The lowest BCUT2D eigenvalue weighted by Gasteiger charge is -2.32. The third-order valence-electron chi connectivity index (χ3n) is 3.24. The van der Waals surface area contributed by atoms with Gasteiger partial charge >= 0.3 is 0 Å². The molecule has 1 aliphatic heterocycles. The Bertz CT molecular complexity index is 418. The third-order valence-corrected chi connectivity index (χ3v) is 4.66. The Labute approximate surface area is 110 Å². The molecular formula is C12H20N4OS. The molecule has 100 valence electrons. The molecule has 1 fully saturated rings. The zero-order chi connectivity index (χ0) is 13.0. The molecule has 1 aromatic heterocycles. The van der Waals surface area contributed by atoms with Gasteiger partial charge in [0, 0.05) is 44.7 Å². The van der Waals surface area contributed by atoms with Crippen LogP contribution < -0.4 is 5.73 Å². The van der Waals surface area contributed by atoms with E-state index in [1.807, 2.05) is 0 Å². The number of anilines is 1. The first kappa shape index (κ1) is 13.5. The molecule has 0 spiro atoms. The summed E-state index contributed by atoms with van der Waals surface area (Å²) in [7, 11) is 1.11. The van der Waals surface area contributed by atoms with Crippen molar-refractivity contribution in [1.29, 1.82) is 0 Å². The molecule has 5 nitrogen and oxygen atoms in total. The number of aromatic nitrogens is 1. The maximum atomic E-state index is 12.1. The number of piperazine rings is 1. The van der Waals surface area contributed by atoms with Crippen molar-refractivity contribution in [3.8, 4) is 0 Å². The zero-order valence-electron chi connectivity index (χ0n) is 10.7. The van der Waals surface area contributed by atoms with E-state index in [2.05, 4.69) is 21.8 Å². The van der Waals surface area contributed by atoms with Crippen LogP contribution in [0.3, 0.4) is 0 Å². The summed E-state index contributed by atoms with van der Waals surface area (Å²) in [5.74, 6) is 0.637. The molecule has 1 aromatic rings. The van der Waals surface area contributed by atoms with Crippen molar-refractivity contribution in [1.82, 2.24) is 14.8 Å². The van der Waals surface area contributed by atoms with Gasteiger partial charge in [-0.2, -0.15) is 0 Å². The Morgan fingerprint density at radius 3 is 2.78 bits per heavy atom. The highest BCUT2D eigenvalue weighted by molar-refractivity contribution is 7.85. The molecule has 1 saturated heterocycles.